The van der Waals surface area contributed by atoms with Gasteiger partial charge in [-0.05, 0) is 61.0 Å². The molecule has 1 unspecified atom stereocenters. The van der Waals surface area contributed by atoms with Gasteiger partial charge in [0.15, 0.2) is 0 Å². The molecule has 3 aromatic rings. The molecule has 0 spiro atoms. The van der Waals surface area contributed by atoms with Gasteiger partial charge in [-0.2, -0.15) is 0 Å². The number of nitrogens with one attached hydrogen (secondary N) is 3. The Labute approximate surface area is 221 Å². The molecule has 0 saturated heterocycles. The number of nitrogens with zero attached hydrogens (tertiary/aromatic N) is 1. The topological polar surface area (TPSA) is 134 Å². The molecule has 3 aromatic carbocycles. The van der Waals surface area contributed by atoms with Crippen LogP contribution in [0.25, 0.3) is 0 Å². The Balaban J connectivity index is 1.61. The quantitative estimate of drug-likeness (QED) is 0.384. The van der Waals surface area contributed by atoms with Crippen LogP contribution in [-0.4, -0.2) is 38.8 Å². The van der Waals surface area contributed by atoms with Crippen LogP contribution in [0.15, 0.2) is 77.7 Å². The molecule has 1 atom stereocenters. The largest absolute Gasteiger partial charge is 0.494 e. The first kappa shape index (κ1) is 26.7. The fraction of sp³-hybridized carbons (Fsp3) is 0.222. The van der Waals surface area contributed by atoms with Gasteiger partial charge in [-0.1, -0.05) is 24.3 Å². The summed E-state index contributed by atoms with van der Waals surface area (Å²) in [6, 6.07) is 17.9. The first-order chi connectivity index (χ1) is 18.2. The third-order valence-electron chi connectivity index (χ3n) is 5.83. The third-order valence-corrected chi connectivity index (χ3v) is 7.67. The van der Waals surface area contributed by atoms with Crippen molar-refractivity contribution in [3.63, 3.8) is 0 Å². The highest BCUT2D eigenvalue weighted by molar-refractivity contribution is 7.93. The summed E-state index contributed by atoms with van der Waals surface area (Å²) in [6.45, 7) is 4.01. The molecule has 10 nitrogen and oxygen atoms in total. The van der Waals surface area contributed by atoms with Gasteiger partial charge in [0.25, 0.3) is 10.0 Å². The van der Waals surface area contributed by atoms with Gasteiger partial charge in [0, 0.05) is 19.2 Å². The number of amides is 3. The molecular weight excluding hydrogens is 508 g/mol. The fourth-order valence-electron chi connectivity index (χ4n) is 4.04. The Bertz CT molecular complexity index is 1440. The van der Waals surface area contributed by atoms with E-state index in [2.05, 4.69) is 16.0 Å². The smallest absolute Gasteiger partial charge is 0.265 e. The summed E-state index contributed by atoms with van der Waals surface area (Å²) in [4.78, 5) is 37.2. The van der Waals surface area contributed by atoms with Crippen molar-refractivity contribution in [3.05, 3.63) is 78.4 Å². The highest BCUT2D eigenvalue weighted by Crippen LogP contribution is 2.37. The van der Waals surface area contributed by atoms with Gasteiger partial charge in [-0.3, -0.25) is 18.7 Å². The first-order valence-corrected chi connectivity index (χ1v) is 13.4. The minimum atomic E-state index is -4.25. The van der Waals surface area contributed by atoms with Gasteiger partial charge in [0.05, 0.1) is 29.3 Å². The van der Waals surface area contributed by atoms with Gasteiger partial charge in [0.1, 0.15) is 11.8 Å². The fourth-order valence-corrected chi connectivity index (χ4v) is 5.67. The lowest BCUT2D eigenvalue weighted by Gasteiger charge is -2.36. The van der Waals surface area contributed by atoms with Gasteiger partial charge >= 0.3 is 0 Å². The number of sulfonamides is 1. The monoisotopic (exact) mass is 536 g/mol. The van der Waals surface area contributed by atoms with E-state index in [-0.39, 0.29) is 23.0 Å². The molecule has 38 heavy (non-hydrogen) atoms. The summed E-state index contributed by atoms with van der Waals surface area (Å²) in [5.41, 5.74) is 1.78. The number of carbonyl (C=O) groups excluding carboxylic acids is 3. The van der Waals surface area contributed by atoms with E-state index in [1.54, 1.807) is 60.7 Å². The molecule has 0 aliphatic carbocycles. The molecule has 3 N–H and O–H groups in total. The maximum Gasteiger partial charge on any atom is 0.265 e. The van der Waals surface area contributed by atoms with E-state index < -0.39 is 34.3 Å². The van der Waals surface area contributed by atoms with Crippen molar-refractivity contribution in [2.45, 2.75) is 37.8 Å². The minimum Gasteiger partial charge on any atom is -0.494 e. The number of ether oxygens (including phenoxy) is 1. The molecule has 0 fully saturated rings. The summed E-state index contributed by atoms with van der Waals surface area (Å²) in [5.74, 6) is -0.700. The second-order valence-electron chi connectivity index (χ2n) is 8.59. The Hall–Kier alpha value is -4.38. The predicted octanol–water partition coefficient (Wildman–Crippen LogP) is 3.27. The van der Waals surface area contributed by atoms with Crippen LogP contribution < -0.4 is 25.0 Å². The molecule has 3 amide bonds. The lowest BCUT2D eigenvalue weighted by molar-refractivity contribution is -0.122. The maximum atomic E-state index is 13.9. The van der Waals surface area contributed by atoms with Crippen molar-refractivity contribution in [2.24, 2.45) is 0 Å². The number of anilines is 3. The van der Waals surface area contributed by atoms with E-state index in [0.29, 0.717) is 29.3 Å². The third kappa shape index (κ3) is 5.94. The SMILES string of the molecule is CCOc1ccc(NC(=O)CC2C(=O)Nc3ccccc3N2S(=O)(=O)c2ccc(CNC(C)=O)cc2)cc1. The number of hydrogen-bond acceptors (Lipinski definition) is 6. The van der Waals surface area contributed by atoms with E-state index in [0.717, 1.165) is 4.31 Å². The molecule has 198 valence electrons. The number of hydrogen-bond donors (Lipinski definition) is 3. The van der Waals surface area contributed by atoms with Crippen LogP contribution in [0.3, 0.4) is 0 Å². The summed E-state index contributed by atoms with van der Waals surface area (Å²) in [7, 11) is -4.25. The second kappa shape index (κ2) is 11.3. The zero-order valence-electron chi connectivity index (χ0n) is 20.9. The van der Waals surface area contributed by atoms with E-state index in [1.165, 1.54) is 19.1 Å². The minimum absolute atomic E-state index is 0.0505. The summed E-state index contributed by atoms with van der Waals surface area (Å²) < 4.78 is 34.1. The van der Waals surface area contributed by atoms with Crippen LogP contribution in [0.5, 0.6) is 5.75 Å². The average molecular weight is 537 g/mol. The van der Waals surface area contributed by atoms with Gasteiger partial charge in [-0.25, -0.2) is 8.42 Å². The summed E-state index contributed by atoms with van der Waals surface area (Å²) in [5, 5.41) is 8.08. The van der Waals surface area contributed by atoms with Crippen LogP contribution in [0.4, 0.5) is 17.1 Å². The highest BCUT2D eigenvalue weighted by atomic mass is 32.2. The molecule has 0 bridgehead atoms. The van der Waals surface area contributed by atoms with E-state index in [1.807, 2.05) is 6.92 Å². The lowest BCUT2D eigenvalue weighted by Crippen LogP contribution is -2.52. The number of fused-ring (bicyclic) bond motifs is 1. The van der Waals surface area contributed by atoms with Crippen LogP contribution in [0.2, 0.25) is 0 Å². The molecule has 1 heterocycles. The van der Waals surface area contributed by atoms with Crippen LogP contribution >= 0.6 is 0 Å². The zero-order valence-corrected chi connectivity index (χ0v) is 21.7. The van der Waals surface area contributed by atoms with Crippen molar-refractivity contribution in [1.29, 1.82) is 0 Å². The van der Waals surface area contributed by atoms with Crippen molar-refractivity contribution < 1.29 is 27.5 Å². The Morgan fingerprint density at radius 3 is 2.34 bits per heavy atom. The first-order valence-electron chi connectivity index (χ1n) is 12.0. The molecular formula is C27H28N4O6S. The number of carbonyl (C=O) groups is 3. The Morgan fingerprint density at radius 1 is 1.00 bits per heavy atom. The Morgan fingerprint density at radius 2 is 1.68 bits per heavy atom. The lowest BCUT2D eigenvalue weighted by atomic mass is 10.1. The number of rotatable bonds is 9. The summed E-state index contributed by atoms with van der Waals surface area (Å²) in [6.07, 6.45) is -0.409. The number of benzene rings is 3. The van der Waals surface area contributed by atoms with Crippen molar-refractivity contribution in [3.8, 4) is 5.75 Å². The van der Waals surface area contributed by atoms with Gasteiger partial charge < -0.3 is 20.7 Å². The standard InChI is InChI=1S/C27H28N4O6S/c1-3-37-21-12-10-20(11-13-21)29-26(33)16-25-27(34)30-23-6-4-5-7-24(23)31(25)38(35,36)22-14-8-19(9-15-22)17-28-18(2)32/h4-15,25H,3,16-17H2,1-2H3,(H,28,32)(H,29,33)(H,30,34). The van der Waals surface area contributed by atoms with Gasteiger partial charge in [-0.15, -0.1) is 0 Å². The van der Waals surface area contributed by atoms with Crippen LogP contribution in [-0.2, 0) is 31.0 Å². The molecule has 0 radical (unpaired) electrons. The van der Waals surface area contributed by atoms with E-state index in [9.17, 15) is 22.8 Å². The van der Waals surface area contributed by atoms with Crippen molar-refractivity contribution in [1.82, 2.24) is 5.32 Å². The highest BCUT2D eigenvalue weighted by Gasteiger charge is 2.42. The maximum absolute atomic E-state index is 13.9. The average Bonchev–Trinajstić information content (AvgIpc) is 2.89. The van der Waals surface area contributed by atoms with Crippen molar-refractivity contribution >= 4 is 44.8 Å². The molecule has 1 aliphatic heterocycles. The van der Waals surface area contributed by atoms with Crippen LogP contribution in [0, 0.1) is 0 Å². The molecule has 4 rings (SSSR count). The van der Waals surface area contributed by atoms with E-state index >= 15 is 0 Å². The normalized spacial score (nSPS) is 14.7. The molecule has 0 aromatic heterocycles. The molecule has 0 saturated carbocycles. The van der Waals surface area contributed by atoms with E-state index in [4.69, 9.17) is 4.74 Å². The number of para-hydroxylation sites is 2. The van der Waals surface area contributed by atoms with Crippen molar-refractivity contribution in [2.75, 3.05) is 21.5 Å². The predicted molar refractivity (Wildman–Crippen MR) is 143 cm³/mol. The molecule has 1 aliphatic rings. The molecule has 11 heteroatoms. The zero-order chi connectivity index (χ0) is 27.3. The van der Waals surface area contributed by atoms with Gasteiger partial charge in [0.2, 0.25) is 17.7 Å². The second-order valence-corrected chi connectivity index (χ2v) is 10.4. The Kier molecular flexibility index (Phi) is 7.96. The summed E-state index contributed by atoms with van der Waals surface area (Å²) >= 11 is 0. The van der Waals surface area contributed by atoms with Crippen LogP contribution in [0.1, 0.15) is 25.8 Å².